The Labute approximate surface area is 150 Å². The van der Waals surface area contributed by atoms with E-state index in [1.165, 1.54) is 6.33 Å². The molecule has 2 N–H and O–H groups in total. The van der Waals surface area contributed by atoms with E-state index in [2.05, 4.69) is 20.5 Å². The molecule has 3 rings (SSSR count). The second-order valence-electron chi connectivity index (χ2n) is 6.05. The number of carbonyl (C=O) groups excluding carboxylic acids is 3. The SMILES string of the molecule is Cc1ccccc1NC(=O)CC(=O)N1CCN(C(=O)c2ncn[nH]2)CC1. The molecule has 1 aromatic heterocycles. The van der Waals surface area contributed by atoms with Crippen LogP contribution in [0.15, 0.2) is 30.6 Å². The Morgan fingerprint density at radius 1 is 1.12 bits per heavy atom. The monoisotopic (exact) mass is 356 g/mol. The van der Waals surface area contributed by atoms with Gasteiger partial charge in [0.25, 0.3) is 5.91 Å². The zero-order valence-corrected chi connectivity index (χ0v) is 14.4. The zero-order valence-electron chi connectivity index (χ0n) is 14.4. The molecule has 1 saturated heterocycles. The maximum absolute atomic E-state index is 12.3. The largest absolute Gasteiger partial charge is 0.339 e. The van der Waals surface area contributed by atoms with E-state index in [9.17, 15) is 14.4 Å². The molecule has 3 amide bonds. The molecule has 0 atom stereocenters. The Bertz CT molecular complexity index is 797. The van der Waals surface area contributed by atoms with E-state index in [1.807, 2.05) is 25.1 Å². The number of nitrogens with one attached hydrogen (secondary N) is 2. The van der Waals surface area contributed by atoms with Crippen molar-refractivity contribution in [3.05, 3.63) is 42.0 Å². The first-order valence-corrected chi connectivity index (χ1v) is 8.32. The van der Waals surface area contributed by atoms with Crippen LogP contribution < -0.4 is 5.32 Å². The van der Waals surface area contributed by atoms with Gasteiger partial charge in [0.15, 0.2) is 0 Å². The van der Waals surface area contributed by atoms with Crippen LogP contribution in [0.2, 0.25) is 0 Å². The average molecular weight is 356 g/mol. The molecule has 1 fully saturated rings. The maximum Gasteiger partial charge on any atom is 0.291 e. The van der Waals surface area contributed by atoms with Crippen molar-refractivity contribution in [2.24, 2.45) is 0 Å². The van der Waals surface area contributed by atoms with Crippen LogP contribution in [0.1, 0.15) is 22.6 Å². The van der Waals surface area contributed by atoms with Crippen molar-refractivity contribution >= 4 is 23.4 Å². The van der Waals surface area contributed by atoms with Crippen molar-refractivity contribution in [1.29, 1.82) is 0 Å². The standard InChI is InChI=1S/C17H20N6O3/c1-12-4-2-3-5-13(12)20-14(24)10-15(25)22-6-8-23(9-7-22)17(26)16-18-11-19-21-16/h2-5,11H,6-10H2,1H3,(H,20,24)(H,18,19,21). The van der Waals surface area contributed by atoms with Crippen LogP contribution in [-0.2, 0) is 9.59 Å². The van der Waals surface area contributed by atoms with Gasteiger partial charge < -0.3 is 15.1 Å². The Morgan fingerprint density at radius 2 is 1.81 bits per heavy atom. The molecular weight excluding hydrogens is 336 g/mol. The van der Waals surface area contributed by atoms with Gasteiger partial charge >= 0.3 is 0 Å². The third kappa shape index (κ3) is 4.05. The number of aromatic amines is 1. The third-order valence-corrected chi connectivity index (χ3v) is 4.27. The van der Waals surface area contributed by atoms with Crippen LogP contribution in [-0.4, -0.2) is 68.9 Å². The molecule has 0 bridgehead atoms. The molecule has 0 radical (unpaired) electrons. The quantitative estimate of drug-likeness (QED) is 0.772. The van der Waals surface area contributed by atoms with Crippen molar-refractivity contribution in [1.82, 2.24) is 25.0 Å². The minimum absolute atomic E-state index is 0.183. The summed E-state index contributed by atoms with van der Waals surface area (Å²) in [7, 11) is 0. The molecule has 136 valence electrons. The lowest BCUT2D eigenvalue weighted by Gasteiger charge is -2.34. The van der Waals surface area contributed by atoms with Crippen LogP contribution in [0.3, 0.4) is 0 Å². The van der Waals surface area contributed by atoms with Gasteiger partial charge in [-0.05, 0) is 18.6 Å². The second-order valence-corrected chi connectivity index (χ2v) is 6.05. The van der Waals surface area contributed by atoms with E-state index in [4.69, 9.17) is 0 Å². The van der Waals surface area contributed by atoms with Crippen molar-refractivity contribution in [2.45, 2.75) is 13.3 Å². The number of hydrogen-bond donors (Lipinski definition) is 2. The Kier molecular flexibility index (Phi) is 5.26. The number of rotatable bonds is 4. The van der Waals surface area contributed by atoms with Gasteiger partial charge in [0.2, 0.25) is 17.6 Å². The molecule has 26 heavy (non-hydrogen) atoms. The smallest absolute Gasteiger partial charge is 0.291 e. The highest BCUT2D eigenvalue weighted by atomic mass is 16.2. The van der Waals surface area contributed by atoms with Crippen LogP contribution in [0.25, 0.3) is 0 Å². The van der Waals surface area contributed by atoms with E-state index in [-0.39, 0.29) is 30.0 Å². The number of nitrogens with zero attached hydrogens (tertiary/aromatic N) is 4. The van der Waals surface area contributed by atoms with Gasteiger partial charge in [-0.2, -0.15) is 5.10 Å². The number of carbonyl (C=O) groups is 3. The fraction of sp³-hybridized carbons (Fsp3) is 0.353. The second kappa shape index (κ2) is 7.77. The highest BCUT2D eigenvalue weighted by Crippen LogP contribution is 2.14. The number of H-pyrrole nitrogens is 1. The van der Waals surface area contributed by atoms with E-state index in [1.54, 1.807) is 15.9 Å². The minimum Gasteiger partial charge on any atom is -0.339 e. The Balaban J connectivity index is 1.48. The van der Waals surface area contributed by atoms with Crippen LogP contribution in [0, 0.1) is 6.92 Å². The lowest BCUT2D eigenvalue weighted by atomic mass is 10.2. The van der Waals surface area contributed by atoms with Gasteiger partial charge in [-0.15, -0.1) is 0 Å². The van der Waals surface area contributed by atoms with Crippen molar-refractivity contribution in [3.63, 3.8) is 0 Å². The summed E-state index contributed by atoms with van der Waals surface area (Å²) in [5, 5.41) is 8.95. The highest BCUT2D eigenvalue weighted by Gasteiger charge is 2.27. The molecular formula is C17H20N6O3. The molecule has 2 heterocycles. The first-order valence-electron chi connectivity index (χ1n) is 8.32. The number of aryl methyl sites for hydroxylation is 1. The minimum atomic E-state index is -0.343. The summed E-state index contributed by atoms with van der Waals surface area (Å²) in [5.74, 6) is -0.651. The molecule has 1 aliphatic rings. The fourth-order valence-corrected chi connectivity index (χ4v) is 2.77. The fourth-order valence-electron chi connectivity index (χ4n) is 2.77. The van der Waals surface area contributed by atoms with Gasteiger partial charge in [-0.3, -0.25) is 19.5 Å². The van der Waals surface area contributed by atoms with E-state index < -0.39 is 0 Å². The number of hydrogen-bond acceptors (Lipinski definition) is 5. The van der Waals surface area contributed by atoms with Gasteiger partial charge in [-0.1, -0.05) is 18.2 Å². The number of para-hydroxylation sites is 1. The first kappa shape index (κ1) is 17.6. The van der Waals surface area contributed by atoms with Crippen LogP contribution in [0.4, 0.5) is 5.69 Å². The maximum atomic E-state index is 12.3. The van der Waals surface area contributed by atoms with Crippen molar-refractivity contribution in [2.75, 3.05) is 31.5 Å². The molecule has 0 aliphatic carbocycles. The number of benzene rings is 1. The van der Waals surface area contributed by atoms with E-state index >= 15 is 0 Å². The Morgan fingerprint density at radius 3 is 2.46 bits per heavy atom. The third-order valence-electron chi connectivity index (χ3n) is 4.27. The summed E-state index contributed by atoms with van der Waals surface area (Å²) in [6, 6.07) is 7.40. The molecule has 9 heteroatoms. The molecule has 1 aliphatic heterocycles. The van der Waals surface area contributed by atoms with Crippen molar-refractivity contribution < 1.29 is 14.4 Å². The van der Waals surface area contributed by atoms with Gasteiger partial charge in [0.05, 0.1) is 0 Å². The summed E-state index contributed by atoms with van der Waals surface area (Å²) in [6.07, 6.45) is 1.06. The van der Waals surface area contributed by atoms with E-state index in [0.29, 0.717) is 31.9 Å². The first-order chi connectivity index (χ1) is 12.5. The molecule has 0 saturated carbocycles. The summed E-state index contributed by atoms with van der Waals surface area (Å²) >= 11 is 0. The average Bonchev–Trinajstić information content (AvgIpc) is 3.18. The van der Waals surface area contributed by atoms with Crippen LogP contribution in [0.5, 0.6) is 0 Å². The zero-order chi connectivity index (χ0) is 18.5. The van der Waals surface area contributed by atoms with Gasteiger partial charge in [-0.25, -0.2) is 4.98 Å². The predicted octanol–water partition coefficient (Wildman–Crippen LogP) is 0.426. The molecule has 0 spiro atoms. The van der Waals surface area contributed by atoms with Crippen LogP contribution >= 0.6 is 0 Å². The lowest BCUT2D eigenvalue weighted by Crippen LogP contribution is -2.51. The Hall–Kier alpha value is -3.23. The summed E-state index contributed by atoms with van der Waals surface area (Å²) in [4.78, 5) is 43.6. The predicted molar refractivity (Wildman–Crippen MR) is 93.3 cm³/mol. The number of amides is 3. The number of anilines is 1. The van der Waals surface area contributed by atoms with Gasteiger partial charge in [0, 0.05) is 31.9 Å². The molecule has 1 aromatic carbocycles. The summed E-state index contributed by atoms with van der Waals surface area (Å²) < 4.78 is 0. The topological polar surface area (TPSA) is 111 Å². The lowest BCUT2D eigenvalue weighted by molar-refractivity contribution is -0.135. The number of piperazine rings is 1. The summed E-state index contributed by atoms with van der Waals surface area (Å²) in [5.41, 5.74) is 1.64. The molecule has 2 aromatic rings. The number of aromatic nitrogens is 3. The van der Waals surface area contributed by atoms with Crippen molar-refractivity contribution in [3.8, 4) is 0 Å². The normalized spacial score (nSPS) is 14.2. The molecule has 0 unspecified atom stereocenters. The highest BCUT2D eigenvalue weighted by molar-refractivity contribution is 6.04. The molecule has 9 nitrogen and oxygen atoms in total. The summed E-state index contributed by atoms with van der Waals surface area (Å²) in [6.45, 7) is 3.45. The van der Waals surface area contributed by atoms with E-state index in [0.717, 1.165) is 5.56 Å². The van der Waals surface area contributed by atoms with Gasteiger partial charge in [0.1, 0.15) is 12.7 Å².